The second-order valence-electron chi connectivity index (χ2n) is 6.66. The molecule has 0 aromatic heterocycles. The molecule has 0 saturated heterocycles. The molecule has 0 N–H and O–H groups in total. The van der Waals surface area contributed by atoms with Crippen LogP contribution < -0.4 is 0 Å². The van der Waals surface area contributed by atoms with Crippen LogP contribution in [0, 0.1) is 25.7 Å². The minimum absolute atomic E-state index is 0.0236. The summed E-state index contributed by atoms with van der Waals surface area (Å²) in [6.07, 6.45) is 0.907. The Hall–Kier alpha value is -1.84. The maximum Gasteiger partial charge on any atom is 0.310 e. The van der Waals surface area contributed by atoms with Crippen molar-refractivity contribution in [2.75, 3.05) is 20.2 Å². The van der Waals surface area contributed by atoms with Gasteiger partial charge in [0.25, 0.3) is 5.91 Å². The molecule has 0 aliphatic rings. The summed E-state index contributed by atoms with van der Waals surface area (Å²) in [5, 5.41) is 0. The lowest BCUT2D eigenvalue weighted by Crippen LogP contribution is -2.38. The molecular formula is C19H29NO3. The van der Waals surface area contributed by atoms with Gasteiger partial charge in [-0.2, -0.15) is 0 Å². The van der Waals surface area contributed by atoms with Crippen molar-refractivity contribution in [1.29, 1.82) is 0 Å². The highest BCUT2D eigenvalue weighted by Gasteiger charge is 2.22. The highest BCUT2D eigenvalue weighted by molar-refractivity contribution is 5.94. The Labute approximate surface area is 139 Å². The summed E-state index contributed by atoms with van der Waals surface area (Å²) in [4.78, 5) is 26.3. The van der Waals surface area contributed by atoms with Crippen molar-refractivity contribution in [1.82, 2.24) is 4.90 Å². The number of benzene rings is 1. The second-order valence-corrected chi connectivity index (χ2v) is 6.66. The molecule has 0 spiro atoms. The van der Waals surface area contributed by atoms with Gasteiger partial charge in [-0.1, -0.05) is 26.8 Å². The molecule has 0 fully saturated rings. The van der Waals surface area contributed by atoms with E-state index in [0.717, 1.165) is 12.0 Å². The lowest BCUT2D eigenvalue weighted by atomic mass is 10.0. The van der Waals surface area contributed by atoms with Crippen molar-refractivity contribution < 1.29 is 14.3 Å². The Kier molecular flexibility index (Phi) is 7.27. The van der Waals surface area contributed by atoms with Gasteiger partial charge in [0.05, 0.1) is 13.0 Å². The smallest absolute Gasteiger partial charge is 0.310 e. The van der Waals surface area contributed by atoms with E-state index in [4.69, 9.17) is 4.74 Å². The van der Waals surface area contributed by atoms with Crippen LogP contribution in [0.1, 0.15) is 48.7 Å². The van der Waals surface area contributed by atoms with E-state index < -0.39 is 0 Å². The van der Waals surface area contributed by atoms with Crippen LogP contribution in [0.5, 0.6) is 0 Å². The average molecular weight is 319 g/mol. The fourth-order valence-corrected chi connectivity index (χ4v) is 2.35. The number of nitrogens with zero attached hydrogens (tertiary/aromatic N) is 1. The number of amides is 1. The molecule has 0 bridgehead atoms. The first-order valence-corrected chi connectivity index (χ1v) is 8.20. The van der Waals surface area contributed by atoms with Gasteiger partial charge in [-0.3, -0.25) is 9.59 Å². The van der Waals surface area contributed by atoms with E-state index in [0.29, 0.717) is 24.6 Å². The summed E-state index contributed by atoms with van der Waals surface area (Å²) in [5.74, 6) is -0.141. The zero-order valence-corrected chi connectivity index (χ0v) is 15.2. The van der Waals surface area contributed by atoms with Crippen LogP contribution in [-0.2, 0) is 9.53 Å². The van der Waals surface area contributed by atoms with Gasteiger partial charge in [0, 0.05) is 18.7 Å². The Morgan fingerprint density at radius 1 is 1.13 bits per heavy atom. The van der Waals surface area contributed by atoms with Crippen molar-refractivity contribution in [3.05, 3.63) is 34.9 Å². The number of aryl methyl sites for hydroxylation is 2. The molecule has 4 nitrogen and oxygen atoms in total. The zero-order valence-electron chi connectivity index (χ0n) is 15.2. The summed E-state index contributed by atoms with van der Waals surface area (Å²) >= 11 is 0. The molecule has 128 valence electrons. The molecule has 0 saturated carbocycles. The fraction of sp³-hybridized carbons (Fsp3) is 0.579. The Morgan fingerprint density at radius 2 is 1.78 bits per heavy atom. The number of rotatable bonds is 7. The summed E-state index contributed by atoms with van der Waals surface area (Å²) < 4.78 is 4.78. The topological polar surface area (TPSA) is 46.6 Å². The summed E-state index contributed by atoms with van der Waals surface area (Å²) in [6, 6.07) is 5.74. The van der Waals surface area contributed by atoms with Crippen molar-refractivity contribution in [3.63, 3.8) is 0 Å². The van der Waals surface area contributed by atoms with Crippen LogP contribution in [0.15, 0.2) is 18.2 Å². The van der Waals surface area contributed by atoms with Gasteiger partial charge >= 0.3 is 5.97 Å². The fourth-order valence-electron chi connectivity index (χ4n) is 2.35. The first-order valence-electron chi connectivity index (χ1n) is 8.20. The minimum atomic E-state index is -0.331. The molecule has 0 heterocycles. The van der Waals surface area contributed by atoms with E-state index in [1.165, 1.54) is 12.7 Å². The van der Waals surface area contributed by atoms with Crippen molar-refractivity contribution in [3.8, 4) is 0 Å². The van der Waals surface area contributed by atoms with Crippen LogP contribution in [0.2, 0.25) is 0 Å². The van der Waals surface area contributed by atoms with Crippen LogP contribution in [0.4, 0.5) is 0 Å². The highest BCUT2D eigenvalue weighted by atomic mass is 16.5. The molecule has 0 radical (unpaired) electrons. The number of hydrogen-bond donors (Lipinski definition) is 0. The Bertz CT molecular complexity index is 552. The maximum atomic E-state index is 12.8. The largest absolute Gasteiger partial charge is 0.469 e. The Morgan fingerprint density at radius 3 is 2.30 bits per heavy atom. The van der Waals surface area contributed by atoms with Gasteiger partial charge in [-0.15, -0.1) is 0 Å². The van der Waals surface area contributed by atoms with Gasteiger partial charge in [-0.25, -0.2) is 0 Å². The van der Waals surface area contributed by atoms with E-state index >= 15 is 0 Å². The van der Waals surface area contributed by atoms with Gasteiger partial charge in [0.2, 0.25) is 0 Å². The van der Waals surface area contributed by atoms with Gasteiger partial charge in [0.1, 0.15) is 0 Å². The second kappa shape index (κ2) is 8.70. The molecule has 1 rings (SSSR count). The minimum Gasteiger partial charge on any atom is -0.469 e. The molecule has 0 aliphatic heterocycles. The molecule has 23 heavy (non-hydrogen) atoms. The summed E-state index contributed by atoms with van der Waals surface area (Å²) in [7, 11) is 1.38. The third-order valence-electron chi connectivity index (χ3n) is 4.12. The van der Waals surface area contributed by atoms with E-state index in [9.17, 15) is 9.59 Å². The highest BCUT2D eigenvalue weighted by Crippen LogP contribution is 2.15. The molecule has 0 aliphatic carbocycles. The number of carbonyl (C=O) groups is 2. The van der Waals surface area contributed by atoms with Gasteiger partial charge in [0.15, 0.2) is 0 Å². The number of hydrogen-bond acceptors (Lipinski definition) is 3. The van der Waals surface area contributed by atoms with Crippen molar-refractivity contribution in [2.24, 2.45) is 11.8 Å². The number of carbonyl (C=O) groups excluding carboxylic acids is 2. The lowest BCUT2D eigenvalue weighted by Gasteiger charge is -2.26. The van der Waals surface area contributed by atoms with Crippen molar-refractivity contribution in [2.45, 2.75) is 41.0 Å². The van der Waals surface area contributed by atoms with Gasteiger partial charge in [-0.05, 0) is 49.4 Å². The third kappa shape index (κ3) is 5.70. The number of methoxy groups -OCH3 is 1. The van der Waals surface area contributed by atoms with Gasteiger partial charge < -0.3 is 9.64 Å². The first-order chi connectivity index (χ1) is 10.8. The average Bonchev–Trinajstić information content (AvgIpc) is 2.52. The third-order valence-corrected chi connectivity index (χ3v) is 4.12. The maximum absolute atomic E-state index is 12.8. The van der Waals surface area contributed by atoms with Crippen LogP contribution >= 0.6 is 0 Å². The molecule has 1 aromatic carbocycles. The SMILES string of the molecule is COC(=O)C(C)CN(CCC(C)C)C(=O)c1ccc(C)c(C)c1. The standard InChI is InChI=1S/C19H29NO3/c1-13(2)9-10-20(12-16(5)19(22)23-6)18(21)17-8-7-14(3)15(4)11-17/h7-8,11,13,16H,9-10,12H2,1-6H3. The van der Waals surface area contributed by atoms with E-state index in [1.54, 1.807) is 11.8 Å². The lowest BCUT2D eigenvalue weighted by molar-refractivity contribution is -0.145. The predicted molar refractivity (Wildman–Crippen MR) is 92.5 cm³/mol. The number of esters is 1. The molecule has 1 amide bonds. The number of ether oxygens (including phenoxy) is 1. The van der Waals surface area contributed by atoms with E-state index in [1.807, 2.05) is 32.0 Å². The zero-order chi connectivity index (χ0) is 17.6. The Balaban J connectivity index is 2.94. The van der Waals surface area contributed by atoms with E-state index in [2.05, 4.69) is 13.8 Å². The normalized spacial score (nSPS) is 12.1. The van der Waals surface area contributed by atoms with Crippen molar-refractivity contribution >= 4 is 11.9 Å². The van der Waals surface area contributed by atoms with Crippen LogP contribution in [-0.4, -0.2) is 37.0 Å². The molecule has 4 heteroatoms. The molecule has 1 atom stereocenters. The predicted octanol–water partition coefficient (Wildman–Crippen LogP) is 3.60. The molecular weight excluding hydrogens is 290 g/mol. The monoisotopic (exact) mass is 319 g/mol. The summed E-state index contributed by atoms with van der Waals surface area (Å²) in [5.41, 5.74) is 2.94. The molecule has 1 aromatic rings. The van der Waals surface area contributed by atoms with Crippen LogP contribution in [0.25, 0.3) is 0 Å². The van der Waals surface area contributed by atoms with Crippen LogP contribution in [0.3, 0.4) is 0 Å². The van der Waals surface area contributed by atoms with E-state index in [-0.39, 0.29) is 17.8 Å². The molecule has 1 unspecified atom stereocenters. The quantitative estimate of drug-likeness (QED) is 0.721. The summed E-state index contributed by atoms with van der Waals surface area (Å²) in [6.45, 7) is 11.1. The first kappa shape index (κ1) is 19.2.